The molecule has 3 heteroatoms. The summed E-state index contributed by atoms with van der Waals surface area (Å²) in [5.74, 6) is 1.30. The summed E-state index contributed by atoms with van der Waals surface area (Å²) in [7, 11) is 0. The van der Waals surface area contributed by atoms with E-state index in [0.717, 1.165) is 29.9 Å². The minimum atomic E-state index is 0.271. The summed E-state index contributed by atoms with van der Waals surface area (Å²) in [6.07, 6.45) is 12.7. The number of hydrogen-bond acceptors (Lipinski definition) is 3. The maximum Gasteiger partial charge on any atom is 0.111 e. The third-order valence-electron chi connectivity index (χ3n) is 3.23. The highest BCUT2D eigenvalue weighted by Crippen LogP contribution is 2.22. The van der Waals surface area contributed by atoms with E-state index in [1.807, 2.05) is 6.20 Å². The van der Waals surface area contributed by atoms with Gasteiger partial charge in [-0.3, -0.25) is 4.99 Å². The summed E-state index contributed by atoms with van der Waals surface area (Å²) >= 11 is 0. The van der Waals surface area contributed by atoms with Crippen molar-refractivity contribution in [3.8, 4) is 0 Å². The van der Waals surface area contributed by atoms with Crippen LogP contribution in [-0.4, -0.2) is 12.4 Å². The minimum Gasteiger partial charge on any atom is -0.399 e. The predicted molar refractivity (Wildman–Crippen MR) is 77.1 cm³/mol. The second-order valence-electron chi connectivity index (χ2n) is 4.67. The molecular weight excluding hydrogens is 222 g/mol. The molecule has 2 rings (SSSR count). The monoisotopic (exact) mass is 243 g/mol. The Morgan fingerprint density at radius 1 is 1.61 bits per heavy atom. The third kappa shape index (κ3) is 2.73. The van der Waals surface area contributed by atoms with Crippen LogP contribution in [0.2, 0.25) is 0 Å². The number of aliphatic imine (C=N–C) groups is 1. The SMILES string of the molecule is CCC/C=C(\N)C1=CC/N=C2/NC=CC2/C=C/1C. The number of nitrogens with one attached hydrogen (secondary N) is 1. The summed E-state index contributed by atoms with van der Waals surface area (Å²) in [6, 6.07) is 0. The van der Waals surface area contributed by atoms with Gasteiger partial charge in [0.25, 0.3) is 0 Å². The third-order valence-corrected chi connectivity index (χ3v) is 3.23. The van der Waals surface area contributed by atoms with Crippen molar-refractivity contribution in [2.24, 2.45) is 16.6 Å². The van der Waals surface area contributed by atoms with Crippen LogP contribution in [0, 0.1) is 5.92 Å². The second-order valence-corrected chi connectivity index (χ2v) is 4.67. The minimum absolute atomic E-state index is 0.271. The van der Waals surface area contributed by atoms with Crippen molar-refractivity contribution in [3.63, 3.8) is 0 Å². The molecule has 0 bridgehead atoms. The molecule has 1 atom stereocenters. The van der Waals surface area contributed by atoms with Crippen molar-refractivity contribution < 1.29 is 0 Å². The molecule has 0 aliphatic carbocycles. The zero-order valence-corrected chi connectivity index (χ0v) is 11.1. The smallest absolute Gasteiger partial charge is 0.111 e. The lowest BCUT2D eigenvalue weighted by Crippen LogP contribution is -2.20. The standard InChI is InChI=1S/C15H21N3/c1-3-4-5-14(16)13-7-9-18-15-12(6-8-17-15)10-11(13)2/h5-8,10,12H,3-4,9,16H2,1-2H3,(H,17,18)/b11-10+,13-7?,14-5-. The van der Waals surface area contributed by atoms with Crippen molar-refractivity contribution in [1.29, 1.82) is 0 Å². The van der Waals surface area contributed by atoms with Gasteiger partial charge in [0.2, 0.25) is 0 Å². The fraction of sp³-hybridized carbons (Fsp3) is 0.400. The first-order valence-corrected chi connectivity index (χ1v) is 6.55. The number of fused-ring (bicyclic) bond motifs is 1. The Morgan fingerprint density at radius 2 is 2.44 bits per heavy atom. The number of nitrogens with two attached hydrogens (primary N) is 1. The molecule has 2 aliphatic heterocycles. The molecule has 2 aliphatic rings. The molecule has 0 radical (unpaired) electrons. The molecule has 3 nitrogen and oxygen atoms in total. The number of amidine groups is 1. The van der Waals surface area contributed by atoms with Gasteiger partial charge < -0.3 is 11.1 Å². The summed E-state index contributed by atoms with van der Waals surface area (Å²) < 4.78 is 0. The van der Waals surface area contributed by atoms with Crippen molar-refractivity contribution in [1.82, 2.24) is 5.32 Å². The highest BCUT2D eigenvalue weighted by atomic mass is 15.0. The van der Waals surface area contributed by atoms with Gasteiger partial charge in [-0.15, -0.1) is 0 Å². The van der Waals surface area contributed by atoms with Gasteiger partial charge in [-0.1, -0.05) is 37.6 Å². The zero-order chi connectivity index (χ0) is 13.0. The molecule has 1 unspecified atom stereocenters. The first-order chi connectivity index (χ1) is 8.72. The van der Waals surface area contributed by atoms with E-state index in [-0.39, 0.29) is 5.92 Å². The fourth-order valence-corrected chi connectivity index (χ4v) is 2.22. The van der Waals surface area contributed by atoms with Crippen molar-refractivity contribution in [2.45, 2.75) is 26.7 Å². The quantitative estimate of drug-likeness (QED) is 0.800. The molecule has 0 saturated carbocycles. The molecule has 0 fully saturated rings. The summed E-state index contributed by atoms with van der Waals surface area (Å²) in [4.78, 5) is 4.53. The van der Waals surface area contributed by atoms with Gasteiger partial charge in [0.05, 0.1) is 12.5 Å². The van der Waals surface area contributed by atoms with Crippen molar-refractivity contribution in [3.05, 3.63) is 47.3 Å². The highest BCUT2D eigenvalue weighted by Gasteiger charge is 2.17. The van der Waals surface area contributed by atoms with Crippen LogP contribution < -0.4 is 11.1 Å². The van der Waals surface area contributed by atoms with E-state index >= 15 is 0 Å². The van der Waals surface area contributed by atoms with E-state index in [0.29, 0.717) is 6.54 Å². The van der Waals surface area contributed by atoms with Crippen LogP contribution in [-0.2, 0) is 0 Å². The highest BCUT2D eigenvalue weighted by molar-refractivity contribution is 5.91. The number of hydrogen-bond donors (Lipinski definition) is 2. The van der Waals surface area contributed by atoms with Gasteiger partial charge >= 0.3 is 0 Å². The van der Waals surface area contributed by atoms with Crippen LogP contribution in [0.15, 0.2) is 52.3 Å². The van der Waals surface area contributed by atoms with E-state index in [2.05, 4.69) is 48.5 Å². The van der Waals surface area contributed by atoms with E-state index in [4.69, 9.17) is 5.73 Å². The number of nitrogens with zero attached hydrogens (tertiary/aromatic N) is 1. The summed E-state index contributed by atoms with van der Waals surface area (Å²) in [5, 5.41) is 3.17. The molecule has 0 saturated heterocycles. The van der Waals surface area contributed by atoms with Crippen LogP contribution in [0.25, 0.3) is 0 Å². The Hall–Kier alpha value is -1.77. The largest absolute Gasteiger partial charge is 0.399 e. The van der Waals surface area contributed by atoms with Gasteiger partial charge in [0.15, 0.2) is 0 Å². The number of allylic oxidation sites excluding steroid dienone is 2. The fourth-order valence-electron chi connectivity index (χ4n) is 2.22. The van der Waals surface area contributed by atoms with E-state index in [1.165, 1.54) is 5.57 Å². The topological polar surface area (TPSA) is 50.4 Å². The summed E-state index contributed by atoms with van der Waals surface area (Å²) in [5.41, 5.74) is 9.39. The van der Waals surface area contributed by atoms with Crippen molar-refractivity contribution >= 4 is 5.84 Å². The average Bonchev–Trinajstić information content (AvgIpc) is 2.76. The second kappa shape index (κ2) is 5.71. The molecular formula is C15H21N3. The van der Waals surface area contributed by atoms with Crippen LogP contribution in [0.1, 0.15) is 26.7 Å². The molecule has 3 N–H and O–H groups in total. The van der Waals surface area contributed by atoms with Gasteiger partial charge in [-0.25, -0.2) is 0 Å². The molecule has 18 heavy (non-hydrogen) atoms. The van der Waals surface area contributed by atoms with E-state index < -0.39 is 0 Å². The number of rotatable bonds is 3. The Labute approximate surface area is 109 Å². The van der Waals surface area contributed by atoms with Crippen LogP contribution in [0.5, 0.6) is 0 Å². The molecule has 0 aromatic rings. The Morgan fingerprint density at radius 3 is 3.22 bits per heavy atom. The van der Waals surface area contributed by atoms with Crippen LogP contribution in [0.3, 0.4) is 0 Å². The van der Waals surface area contributed by atoms with Gasteiger partial charge in [0.1, 0.15) is 5.84 Å². The molecule has 0 amide bonds. The zero-order valence-electron chi connectivity index (χ0n) is 11.1. The lowest BCUT2D eigenvalue weighted by Gasteiger charge is -2.14. The van der Waals surface area contributed by atoms with Crippen LogP contribution in [0.4, 0.5) is 0 Å². The first-order valence-electron chi connectivity index (χ1n) is 6.55. The Kier molecular flexibility index (Phi) is 4.03. The molecule has 96 valence electrons. The Bertz CT molecular complexity index is 464. The molecule has 0 aromatic heterocycles. The van der Waals surface area contributed by atoms with Crippen molar-refractivity contribution in [2.75, 3.05) is 6.54 Å². The maximum absolute atomic E-state index is 6.15. The van der Waals surface area contributed by atoms with Gasteiger partial charge in [-0.2, -0.15) is 0 Å². The van der Waals surface area contributed by atoms with Gasteiger partial charge in [-0.05, 0) is 30.7 Å². The van der Waals surface area contributed by atoms with Gasteiger partial charge in [0, 0.05) is 5.70 Å². The maximum atomic E-state index is 6.15. The molecule has 0 aromatic carbocycles. The molecule has 2 heterocycles. The lowest BCUT2D eigenvalue weighted by atomic mass is 9.97. The summed E-state index contributed by atoms with van der Waals surface area (Å²) in [6.45, 7) is 4.96. The lowest BCUT2D eigenvalue weighted by molar-refractivity contribution is 0.945. The first kappa shape index (κ1) is 12.7. The average molecular weight is 243 g/mol. The van der Waals surface area contributed by atoms with Crippen LogP contribution >= 0.6 is 0 Å². The van der Waals surface area contributed by atoms with E-state index in [1.54, 1.807) is 0 Å². The Balaban J connectivity index is 2.26. The van der Waals surface area contributed by atoms with E-state index in [9.17, 15) is 0 Å². The normalized spacial score (nSPS) is 29.1. The number of unbranched alkanes of at least 4 members (excludes halogenated alkanes) is 1. The predicted octanol–water partition coefficient (Wildman–Crippen LogP) is 2.65. The molecule has 0 spiro atoms.